The van der Waals surface area contributed by atoms with Crippen LogP contribution in [0.5, 0.6) is 0 Å². The number of para-hydroxylation sites is 1. The number of fused-ring (bicyclic) bond motifs is 2. The number of aromatic nitrogens is 2. The number of hydrogen-bond donors (Lipinski definition) is 0. The monoisotopic (exact) mass is 577 g/mol. The van der Waals surface area contributed by atoms with Crippen LogP contribution in [-0.4, -0.2) is 71.9 Å². The Kier molecular flexibility index (Phi) is 8.00. The van der Waals surface area contributed by atoms with Gasteiger partial charge in [0.2, 0.25) is 11.8 Å². The lowest BCUT2D eigenvalue weighted by molar-refractivity contribution is -0.148. The van der Waals surface area contributed by atoms with Crippen molar-refractivity contribution in [1.29, 1.82) is 0 Å². The van der Waals surface area contributed by atoms with Gasteiger partial charge >= 0.3 is 5.97 Å². The first kappa shape index (κ1) is 28.4. The summed E-state index contributed by atoms with van der Waals surface area (Å²) in [5, 5.41) is 0.967. The molecule has 0 N–H and O–H groups in total. The highest BCUT2D eigenvalue weighted by molar-refractivity contribution is 5.95. The quantitative estimate of drug-likeness (QED) is 0.271. The van der Waals surface area contributed by atoms with E-state index in [4.69, 9.17) is 18.6 Å². The summed E-state index contributed by atoms with van der Waals surface area (Å²) in [6.07, 6.45) is 5.39. The van der Waals surface area contributed by atoms with Crippen LogP contribution in [0.25, 0.3) is 33.5 Å². The molecule has 6 rings (SSSR count). The third kappa shape index (κ3) is 5.41. The molecule has 0 unspecified atom stereocenters. The zero-order valence-corrected chi connectivity index (χ0v) is 24.2. The molecular formula is C32H36FN3O6. The maximum atomic E-state index is 15.7. The Morgan fingerprint density at radius 2 is 1.86 bits per heavy atom. The Labute approximate surface area is 243 Å². The Bertz CT molecular complexity index is 1600. The zero-order valence-electron chi connectivity index (χ0n) is 24.2. The van der Waals surface area contributed by atoms with E-state index in [9.17, 15) is 9.59 Å². The molecule has 0 bridgehead atoms. The van der Waals surface area contributed by atoms with E-state index in [1.165, 1.54) is 7.11 Å². The van der Waals surface area contributed by atoms with Crippen molar-refractivity contribution in [3.05, 3.63) is 54.0 Å². The average molecular weight is 578 g/mol. The van der Waals surface area contributed by atoms with Gasteiger partial charge in [0.05, 0.1) is 49.9 Å². The minimum absolute atomic E-state index is 0.0383. The molecule has 1 saturated heterocycles. The molecular weight excluding hydrogens is 541 g/mol. The highest BCUT2D eigenvalue weighted by atomic mass is 19.1. The SMILES string of the molecule is COC[C@@H]1C[C@@H](OC2CCC(C(=O)OC)CC2)CN1C(=O)Cc1ccc2nc(-c3cn(C)c4ccccc34)oc2c1F. The smallest absolute Gasteiger partial charge is 0.308 e. The minimum atomic E-state index is -0.572. The number of oxazole rings is 1. The molecule has 1 saturated carbocycles. The number of hydrogen-bond acceptors (Lipinski definition) is 7. The highest BCUT2D eigenvalue weighted by Crippen LogP contribution is 2.34. The molecule has 2 aliphatic rings. The lowest BCUT2D eigenvalue weighted by Crippen LogP contribution is -2.39. The topological polar surface area (TPSA) is 96.0 Å². The first-order valence-electron chi connectivity index (χ1n) is 14.5. The van der Waals surface area contributed by atoms with E-state index < -0.39 is 5.82 Å². The number of rotatable bonds is 8. The third-order valence-electron chi connectivity index (χ3n) is 8.70. The molecule has 1 aliphatic heterocycles. The number of amides is 1. The van der Waals surface area contributed by atoms with Gasteiger partial charge in [-0.05, 0) is 44.2 Å². The van der Waals surface area contributed by atoms with E-state index in [-0.39, 0.29) is 53.6 Å². The molecule has 4 aromatic rings. The van der Waals surface area contributed by atoms with Crippen LogP contribution in [0.15, 0.2) is 47.0 Å². The van der Waals surface area contributed by atoms with Crippen LogP contribution in [-0.2, 0) is 37.3 Å². The molecule has 1 aliphatic carbocycles. The summed E-state index contributed by atoms with van der Waals surface area (Å²) in [6, 6.07) is 11.0. The van der Waals surface area contributed by atoms with E-state index in [0.717, 1.165) is 42.1 Å². The standard InChI is InChI=1S/C32H36FN3O6/c1-35-17-25(24-6-4-5-7-27(24)35)31-34-26-13-10-20(29(33)30(26)42-31)14-28(37)36-16-23(15-21(36)18-39-2)41-22-11-8-19(9-12-22)32(38)40-3/h4-7,10,13,17,19,21-23H,8-9,11-12,14-16,18H2,1-3H3/t19?,21-,22?,23+/m0/s1. The molecule has 9 nitrogen and oxygen atoms in total. The number of carbonyl (C=O) groups excluding carboxylic acids is 2. The second kappa shape index (κ2) is 11.9. The van der Waals surface area contributed by atoms with Crippen LogP contribution < -0.4 is 0 Å². The molecule has 2 aromatic carbocycles. The van der Waals surface area contributed by atoms with Gasteiger partial charge in [0.25, 0.3) is 0 Å². The molecule has 2 atom stereocenters. The molecule has 2 aromatic heterocycles. The van der Waals surface area contributed by atoms with Crippen molar-refractivity contribution in [3.8, 4) is 11.5 Å². The number of esters is 1. The van der Waals surface area contributed by atoms with Gasteiger partial charge < -0.3 is 28.1 Å². The lowest BCUT2D eigenvalue weighted by Gasteiger charge is -2.29. The summed E-state index contributed by atoms with van der Waals surface area (Å²) in [6.45, 7) is 0.792. The summed E-state index contributed by atoms with van der Waals surface area (Å²) in [5.41, 5.74) is 2.51. The van der Waals surface area contributed by atoms with Gasteiger partial charge in [0.15, 0.2) is 11.4 Å². The molecule has 0 radical (unpaired) electrons. The number of benzene rings is 2. The number of carbonyl (C=O) groups is 2. The van der Waals surface area contributed by atoms with Crippen molar-refractivity contribution in [2.24, 2.45) is 13.0 Å². The van der Waals surface area contributed by atoms with Gasteiger partial charge in [-0.1, -0.05) is 24.3 Å². The van der Waals surface area contributed by atoms with Crippen molar-refractivity contribution in [3.63, 3.8) is 0 Å². The fourth-order valence-corrected chi connectivity index (χ4v) is 6.53. The molecule has 222 valence electrons. The summed E-state index contributed by atoms with van der Waals surface area (Å²) in [7, 11) is 4.97. The highest BCUT2D eigenvalue weighted by Gasteiger charge is 2.38. The van der Waals surface area contributed by atoms with Gasteiger partial charge in [-0.15, -0.1) is 0 Å². The number of aryl methyl sites for hydroxylation is 1. The number of halogens is 1. The van der Waals surface area contributed by atoms with Crippen LogP contribution in [0.2, 0.25) is 0 Å². The van der Waals surface area contributed by atoms with Crippen LogP contribution in [0.1, 0.15) is 37.7 Å². The molecule has 1 amide bonds. The van der Waals surface area contributed by atoms with Crippen LogP contribution >= 0.6 is 0 Å². The predicted octanol–water partition coefficient (Wildman–Crippen LogP) is 5.03. The maximum Gasteiger partial charge on any atom is 0.308 e. The summed E-state index contributed by atoms with van der Waals surface area (Å²) < 4.78 is 40.3. The zero-order chi connectivity index (χ0) is 29.4. The Morgan fingerprint density at radius 3 is 2.62 bits per heavy atom. The van der Waals surface area contributed by atoms with Gasteiger partial charge in [-0.25, -0.2) is 9.37 Å². The van der Waals surface area contributed by atoms with Crippen LogP contribution in [0.4, 0.5) is 4.39 Å². The Morgan fingerprint density at radius 1 is 1.07 bits per heavy atom. The van der Waals surface area contributed by atoms with Crippen molar-refractivity contribution in [2.75, 3.05) is 27.4 Å². The first-order chi connectivity index (χ1) is 20.4. The fourth-order valence-electron chi connectivity index (χ4n) is 6.53. The second-order valence-electron chi connectivity index (χ2n) is 11.4. The fraction of sp³-hybridized carbons (Fsp3) is 0.469. The van der Waals surface area contributed by atoms with Crippen LogP contribution in [0.3, 0.4) is 0 Å². The van der Waals surface area contributed by atoms with E-state index in [2.05, 4.69) is 4.98 Å². The Balaban J connectivity index is 1.15. The largest absolute Gasteiger partial charge is 0.469 e. The molecule has 3 heterocycles. The van der Waals surface area contributed by atoms with E-state index in [1.807, 2.05) is 42.1 Å². The predicted molar refractivity (Wildman–Crippen MR) is 154 cm³/mol. The molecule has 0 spiro atoms. The van der Waals surface area contributed by atoms with E-state index in [1.54, 1.807) is 24.1 Å². The van der Waals surface area contributed by atoms with Gasteiger partial charge in [0.1, 0.15) is 5.52 Å². The van der Waals surface area contributed by atoms with E-state index in [0.29, 0.717) is 31.0 Å². The first-order valence-corrected chi connectivity index (χ1v) is 14.5. The summed E-state index contributed by atoms with van der Waals surface area (Å²) in [4.78, 5) is 31.7. The van der Waals surface area contributed by atoms with Crippen molar-refractivity contribution in [2.45, 2.75) is 56.8 Å². The average Bonchev–Trinajstić information content (AvgIpc) is 3.70. The van der Waals surface area contributed by atoms with Gasteiger partial charge in [-0.3, -0.25) is 9.59 Å². The van der Waals surface area contributed by atoms with E-state index >= 15 is 4.39 Å². The van der Waals surface area contributed by atoms with Crippen LogP contribution in [0, 0.1) is 11.7 Å². The van der Waals surface area contributed by atoms with Gasteiger partial charge in [-0.2, -0.15) is 0 Å². The number of nitrogens with zero attached hydrogens (tertiary/aromatic N) is 3. The molecule has 2 fully saturated rings. The van der Waals surface area contributed by atoms with Crippen molar-refractivity contribution >= 4 is 33.9 Å². The number of likely N-dealkylation sites (tertiary alicyclic amines) is 1. The number of ether oxygens (including phenoxy) is 3. The third-order valence-corrected chi connectivity index (χ3v) is 8.70. The normalized spacial score (nSPS) is 22.7. The lowest BCUT2D eigenvalue weighted by atomic mass is 9.87. The second-order valence-corrected chi connectivity index (χ2v) is 11.4. The summed E-state index contributed by atoms with van der Waals surface area (Å²) in [5.74, 6) is -0.657. The maximum absolute atomic E-state index is 15.7. The van der Waals surface area contributed by atoms with Gasteiger partial charge in [0, 0.05) is 43.4 Å². The Hall–Kier alpha value is -3.76. The summed E-state index contributed by atoms with van der Waals surface area (Å²) >= 11 is 0. The minimum Gasteiger partial charge on any atom is -0.469 e. The van der Waals surface area contributed by atoms with Crippen molar-refractivity contribution < 1.29 is 32.6 Å². The number of methoxy groups -OCH3 is 2. The van der Waals surface area contributed by atoms with Crippen molar-refractivity contribution in [1.82, 2.24) is 14.5 Å². The molecule has 10 heteroatoms. The molecule has 42 heavy (non-hydrogen) atoms.